The van der Waals surface area contributed by atoms with Gasteiger partial charge in [0.2, 0.25) is 0 Å². The maximum absolute atomic E-state index is 14.3. The number of aromatic nitrogens is 2. The second-order valence-electron chi connectivity index (χ2n) is 5.95. The highest BCUT2D eigenvalue weighted by Gasteiger charge is 2.20. The minimum Gasteiger partial charge on any atom is -0.486 e. The molecular formula is C19H15ClFN3O3. The van der Waals surface area contributed by atoms with Gasteiger partial charge in [0.15, 0.2) is 17.3 Å². The number of nitrogens with one attached hydrogen (secondary N) is 1. The van der Waals surface area contributed by atoms with E-state index >= 15 is 0 Å². The molecule has 2 heterocycles. The lowest BCUT2D eigenvalue weighted by Gasteiger charge is -2.19. The van der Waals surface area contributed by atoms with Crippen molar-refractivity contribution in [1.29, 1.82) is 0 Å². The van der Waals surface area contributed by atoms with Crippen molar-refractivity contribution in [2.75, 3.05) is 18.6 Å². The fourth-order valence-electron chi connectivity index (χ4n) is 2.82. The molecule has 0 fully saturated rings. The lowest BCUT2D eigenvalue weighted by molar-refractivity contribution is 0.101. The van der Waals surface area contributed by atoms with Crippen LogP contribution in [0.15, 0.2) is 42.6 Å². The van der Waals surface area contributed by atoms with Crippen molar-refractivity contribution in [3.05, 3.63) is 64.7 Å². The van der Waals surface area contributed by atoms with E-state index in [1.54, 1.807) is 31.2 Å². The van der Waals surface area contributed by atoms with Crippen LogP contribution in [0.2, 0.25) is 5.02 Å². The normalized spacial score (nSPS) is 12.7. The molecule has 138 valence electrons. The summed E-state index contributed by atoms with van der Waals surface area (Å²) in [5.74, 6) is 0.385. The molecule has 0 spiro atoms. The first-order chi connectivity index (χ1) is 13.0. The van der Waals surface area contributed by atoms with E-state index in [0.29, 0.717) is 36.0 Å². The van der Waals surface area contributed by atoms with Crippen LogP contribution in [0.4, 0.5) is 4.39 Å². The van der Waals surface area contributed by atoms with Gasteiger partial charge in [0.1, 0.15) is 19.0 Å². The second-order valence-corrected chi connectivity index (χ2v) is 6.36. The SMILES string of the molecule is Cc1cnc(-c2c(F)cccc2Cl)n1NC(=O)c1ccc2c(c1)OCCO2. The van der Waals surface area contributed by atoms with Crippen molar-refractivity contribution < 1.29 is 18.7 Å². The minimum absolute atomic E-state index is 0.120. The van der Waals surface area contributed by atoms with E-state index in [2.05, 4.69) is 10.4 Å². The Morgan fingerprint density at radius 3 is 2.78 bits per heavy atom. The number of hydrogen-bond donors (Lipinski definition) is 1. The fourth-order valence-corrected chi connectivity index (χ4v) is 3.06. The van der Waals surface area contributed by atoms with Crippen molar-refractivity contribution in [2.45, 2.75) is 6.92 Å². The number of nitrogens with zero attached hydrogens (tertiary/aromatic N) is 2. The zero-order chi connectivity index (χ0) is 19.0. The molecule has 4 rings (SSSR count). The summed E-state index contributed by atoms with van der Waals surface area (Å²) in [5.41, 5.74) is 3.84. The molecule has 0 unspecified atom stereocenters. The molecule has 1 amide bonds. The number of carbonyl (C=O) groups is 1. The molecular weight excluding hydrogens is 373 g/mol. The van der Waals surface area contributed by atoms with E-state index < -0.39 is 11.7 Å². The van der Waals surface area contributed by atoms with Gasteiger partial charge in [-0.3, -0.25) is 10.2 Å². The molecule has 0 aliphatic carbocycles. The highest BCUT2D eigenvalue weighted by Crippen LogP contribution is 2.32. The highest BCUT2D eigenvalue weighted by molar-refractivity contribution is 6.33. The Morgan fingerprint density at radius 1 is 1.22 bits per heavy atom. The number of aryl methyl sites for hydroxylation is 1. The first-order valence-corrected chi connectivity index (χ1v) is 8.62. The van der Waals surface area contributed by atoms with Gasteiger partial charge >= 0.3 is 0 Å². The van der Waals surface area contributed by atoms with Crippen molar-refractivity contribution in [2.24, 2.45) is 0 Å². The van der Waals surface area contributed by atoms with Gasteiger partial charge in [-0.15, -0.1) is 0 Å². The van der Waals surface area contributed by atoms with Crippen LogP contribution in [0.5, 0.6) is 11.5 Å². The molecule has 0 radical (unpaired) electrons. The van der Waals surface area contributed by atoms with Crippen LogP contribution in [0.1, 0.15) is 16.1 Å². The number of benzene rings is 2. The molecule has 2 aromatic carbocycles. The van der Waals surface area contributed by atoms with Gasteiger partial charge in [-0.1, -0.05) is 17.7 Å². The Morgan fingerprint density at radius 2 is 2.00 bits per heavy atom. The van der Waals surface area contributed by atoms with Crippen LogP contribution < -0.4 is 14.9 Å². The summed E-state index contributed by atoms with van der Waals surface area (Å²) in [7, 11) is 0. The van der Waals surface area contributed by atoms with Crippen LogP contribution >= 0.6 is 11.6 Å². The molecule has 6 nitrogen and oxygen atoms in total. The van der Waals surface area contributed by atoms with E-state index in [1.807, 2.05) is 0 Å². The Kier molecular flexibility index (Phi) is 4.45. The molecule has 1 aromatic heterocycles. The zero-order valence-electron chi connectivity index (χ0n) is 14.3. The van der Waals surface area contributed by atoms with Gasteiger partial charge in [-0.05, 0) is 37.3 Å². The number of imidazole rings is 1. The van der Waals surface area contributed by atoms with E-state index in [1.165, 1.54) is 23.0 Å². The van der Waals surface area contributed by atoms with Gasteiger partial charge in [0.25, 0.3) is 5.91 Å². The van der Waals surface area contributed by atoms with Crippen LogP contribution in [-0.4, -0.2) is 28.8 Å². The first kappa shape index (κ1) is 17.4. The van der Waals surface area contributed by atoms with Crippen LogP contribution in [0, 0.1) is 12.7 Å². The maximum Gasteiger partial charge on any atom is 0.270 e. The predicted octanol–water partition coefficient (Wildman–Crippen LogP) is 3.81. The molecule has 8 heteroatoms. The fraction of sp³-hybridized carbons (Fsp3) is 0.158. The predicted molar refractivity (Wildman–Crippen MR) is 98.5 cm³/mol. The van der Waals surface area contributed by atoms with E-state index in [0.717, 1.165) is 0 Å². The molecule has 0 bridgehead atoms. The third-order valence-corrected chi connectivity index (χ3v) is 4.46. The largest absolute Gasteiger partial charge is 0.486 e. The lowest BCUT2D eigenvalue weighted by Crippen LogP contribution is -2.25. The number of carbonyl (C=O) groups excluding carboxylic acids is 1. The number of hydrogen-bond acceptors (Lipinski definition) is 4. The number of rotatable bonds is 3. The molecule has 27 heavy (non-hydrogen) atoms. The summed E-state index contributed by atoms with van der Waals surface area (Å²) < 4.78 is 26.7. The molecule has 0 atom stereocenters. The van der Waals surface area contributed by atoms with Gasteiger partial charge in [-0.25, -0.2) is 14.1 Å². The molecule has 1 aliphatic rings. The highest BCUT2D eigenvalue weighted by atomic mass is 35.5. The molecule has 1 N–H and O–H groups in total. The number of halogens is 2. The first-order valence-electron chi connectivity index (χ1n) is 8.24. The quantitative estimate of drug-likeness (QED) is 0.742. The monoisotopic (exact) mass is 387 g/mol. The average molecular weight is 388 g/mol. The zero-order valence-corrected chi connectivity index (χ0v) is 15.1. The van der Waals surface area contributed by atoms with Gasteiger partial charge in [0, 0.05) is 5.56 Å². The van der Waals surface area contributed by atoms with Gasteiger partial charge in [0.05, 0.1) is 22.5 Å². The molecule has 1 aliphatic heterocycles. The van der Waals surface area contributed by atoms with Crippen LogP contribution in [-0.2, 0) is 0 Å². The topological polar surface area (TPSA) is 65.4 Å². The summed E-state index contributed by atoms with van der Waals surface area (Å²) in [4.78, 5) is 16.9. The third kappa shape index (κ3) is 3.21. The summed E-state index contributed by atoms with van der Waals surface area (Å²) in [5, 5.41) is 0.204. The minimum atomic E-state index is -0.525. The number of amides is 1. The lowest BCUT2D eigenvalue weighted by atomic mass is 10.2. The Hall–Kier alpha value is -3.06. The number of ether oxygens (including phenoxy) is 2. The smallest absolute Gasteiger partial charge is 0.270 e. The van der Waals surface area contributed by atoms with Gasteiger partial charge < -0.3 is 9.47 Å². The van der Waals surface area contributed by atoms with Crippen molar-refractivity contribution in [1.82, 2.24) is 9.66 Å². The van der Waals surface area contributed by atoms with E-state index in [-0.39, 0.29) is 16.4 Å². The van der Waals surface area contributed by atoms with Gasteiger partial charge in [-0.2, -0.15) is 0 Å². The molecule has 0 saturated heterocycles. The van der Waals surface area contributed by atoms with E-state index in [4.69, 9.17) is 21.1 Å². The summed E-state index contributed by atoms with van der Waals surface area (Å²) >= 11 is 6.14. The van der Waals surface area contributed by atoms with E-state index in [9.17, 15) is 9.18 Å². The van der Waals surface area contributed by atoms with Crippen molar-refractivity contribution >= 4 is 17.5 Å². The molecule has 0 saturated carbocycles. The Balaban J connectivity index is 1.67. The maximum atomic E-state index is 14.3. The summed E-state index contributed by atoms with van der Waals surface area (Å²) in [6.07, 6.45) is 1.53. The summed E-state index contributed by atoms with van der Waals surface area (Å²) in [6.45, 7) is 2.64. The average Bonchev–Trinajstić information content (AvgIpc) is 3.01. The van der Waals surface area contributed by atoms with Crippen molar-refractivity contribution in [3.63, 3.8) is 0 Å². The Labute approximate surface area is 159 Å². The molecule has 3 aromatic rings. The van der Waals surface area contributed by atoms with Crippen LogP contribution in [0.3, 0.4) is 0 Å². The van der Waals surface area contributed by atoms with Crippen molar-refractivity contribution in [3.8, 4) is 22.9 Å². The standard InChI is InChI=1S/C19H15ClFN3O3/c1-11-10-22-18(17-13(20)3-2-4-14(17)21)24(11)23-19(25)12-5-6-15-16(9-12)27-8-7-26-15/h2-6,9-10H,7-8H2,1H3,(H,23,25). The van der Waals surface area contributed by atoms with Crippen LogP contribution in [0.25, 0.3) is 11.4 Å². The Bertz CT molecular complexity index is 1010. The number of fused-ring (bicyclic) bond motifs is 1. The summed E-state index contributed by atoms with van der Waals surface area (Å²) in [6, 6.07) is 9.28. The third-order valence-electron chi connectivity index (χ3n) is 4.14. The second kappa shape index (κ2) is 6.92.